The molecule has 0 aromatic heterocycles. The van der Waals surface area contributed by atoms with E-state index in [-0.39, 0.29) is 11.3 Å². The molecule has 1 aliphatic carbocycles. The molecule has 3 rings (SSSR count). The highest BCUT2D eigenvalue weighted by molar-refractivity contribution is 5.91. The van der Waals surface area contributed by atoms with E-state index in [0.29, 0.717) is 12.0 Å². The number of carbonyl (C=O) groups excluding carboxylic acids is 1. The first-order valence-corrected chi connectivity index (χ1v) is 9.62. The molecule has 0 heterocycles. The molecule has 0 N–H and O–H groups in total. The monoisotopic (exact) mass is 410 g/mol. The Morgan fingerprint density at radius 1 is 1.03 bits per heavy atom. The van der Waals surface area contributed by atoms with Crippen LogP contribution < -0.4 is 9.47 Å². The Hall–Kier alpha value is -2.57. The van der Waals surface area contributed by atoms with Crippen molar-refractivity contribution in [3.05, 3.63) is 59.4 Å². The van der Waals surface area contributed by atoms with Crippen molar-refractivity contribution >= 4 is 5.97 Å². The molecule has 0 aliphatic heterocycles. The Labute approximate surface area is 166 Å². The molecule has 0 spiro atoms. The minimum atomic E-state index is -5.00. The van der Waals surface area contributed by atoms with Crippen LogP contribution in [-0.4, -0.2) is 12.3 Å². The summed E-state index contributed by atoms with van der Waals surface area (Å²) in [5, 5.41) is 0. The third-order valence-corrected chi connectivity index (χ3v) is 5.38. The normalized spacial score (nSPS) is 19.6. The Balaban J connectivity index is 1.62. The maximum absolute atomic E-state index is 13.7. The molecular weight excluding hydrogens is 388 g/mol. The zero-order chi connectivity index (χ0) is 21.0. The van der Waals surface area contributed by atoms with Crippen LogP contribution in [0.25, 0.3) is 0 Å². The van der Waals surface area contributed by atoms with Gasteiger partial charge in [-0.05, 0) is 67.3 Å². The second kappa shape index (κ2) is 8.84. The molecule has 1 aliphatic rings. The Morgan fingerprint density at radius 2 is 1.69 bits per heavy atom. The molecule has 156 valence electrons. The molecule has 2 aromatic carbocycles. The fourth-order valence-electron chi connectivity index (χ4n) is 3.71. The zero-order valence-electron chi connectivity index (χ0n) is 16.0. The van der Waals surface area contributed by atoms with Gasteiger partial charge in [-0.2, -0.15) is 0 Å². The molecule has 0 atom stereocenters. The highest BCUT2D eigenvalue weighted by Gasteiger charge is 2.32. The molecule has 0 unspecified atom stereocenters. The molecule has 1 saturated carbocycles. The van der Waals surface area contributed by atoms with E-state index in [0.717, 1.165) is 30.9 Å². The van der Waals surface area contributed by atoms with Crippen molar-refractivity contribution < 1.29 is 31.8 Å². The maximum Gasteiger partial charge on any atom is 0.573 e. The Bertz CT molecular complexity index is 838. The van der Waals surface area contributed by atoms with Crippen molar-refractivity contribution in [3.63, 3.8) is 0 Å². The van der Waals surface area contributed by atoms with Crippen LogP contribution in [0.3, 0.4) is 0 Å². The summed E-state index contributed by atoms with van der Waals surface area (Å²) in [6.07, 6.45) is 0.898. The van der Waals surface area contributed by atoms with Gasteiger partial charge in [0, 0.05) is 6.07 Å². The predicted molar refractivity (Wildman–Crippen MR) is 99.5 cm³/mol. The number of halogens is 4. The first-order chi connectivity index (χ1) is 13.7. The third-order valence-electron chi connectivity index (χ3n) is 5.38. The standard InChI is InChI=1S/C22H22F4O3/c1-2-14-3-5-15(6-4-14)16-7-9-17(10-8-16)21(27)28-18-11-12-20(19(23)13-18)29-22(24,25)26/h7-15H,2-6H2,1H3. The summed E-state index contributed by atoms with van der Waals surface area (Å²) in [6, 6.07) is 9.59. The van der Waals surface area contributed by atoms with Crippen LogP contribution in [0.1, 0.15) is 60.9 Å². The number of hydrogen-bond donors (Lipinski definition) is 0. The fraction of sp³-hybridized carbons (Fsp3) is 0.409. The molecule has 29 heavy (non-hydrogen) atoms. The van der Waals surface area contributed by atoms with E-state index >= 15 is 0 Å². The van der Waals surface area contributed by atoms with Crippen LogP contribution in [0.15, 0.2) is 42.5 Å². The van der Waals surface area contributed by atoms with E-state index < -0.39 is 23.9 Å². The van der Waals surface area contributed by atoms with E-state index in [1.54, 1.807) is 12.1 Å². The van der Waals surface area contributed by atoms with Crippen molar-refractivity contribution in [1.29, 1.82) is 0 Å². The van der Waals surface area contributed by atoms with Gasteiger partial charge >= 0.3 is 12.3 Å². The van der Waals surface area contributed by atoms with Crippen molar-refractivity contribution in [2.75, 3.05) is 0 Å². The fourth-order valence-corrected chi connectivity index (χ4v) is 3.71. The number of ether oxygens (including phenoxy) is 2. The van der Waals surface area contributed by atoms with Crippen molar-refractivity contribution in [1.82, 2.24) is 0 Å². The number of esters is 1. The molecule has 1 fully saturated rings. The molecule has 0 radical (unpaired) electrons. The number of benzene rings is 2. The van der Waals surface area contributed by atoms with Gasteiger partial charge in [0.1, 0.15) is 5.75 Å². The lowest BCUT2D eigenvalue weighted by atomic mass is 9.78. The molecule has 2 aromatic rings. The van der Waals surface area contributed by atoms with E-state index in [1.165, 1.54) is 24.8 Å². The Kier molecular flexibility index (Phi) is 6.45. The highest BCUT2D eigenvalue weighted by atomic mass is 19.4. The lowest BCUT2D eigenvalue weighted by molar-refractivity contribution is -0.275. The molecule has 7 heteroatoms. The lowest BCUT2D eigenvalue weighted by Gasteiger charge is -2.28. The van der Waals surface area contributed by atoms with E-state index in [1.807, 2.05) is 12.1 Å². The summed E-state index contributed by atoms with van der Waals surface area (Å²) in [4.78, 5) is 12.3. The second-order valence-electron chi connectivity index (χ2n) is 7.28. The summed E-state index contributed by atoms with van der Waals surface area (Å²) in [6.45, 7) is 2.22. The largest absolute Gasteiger partial charge is 0.573 e. The van der Waals surface area contributed by atoms with Gasteiger partial charge in [0.25, 0.3) is 0 Å². The van der Waals surface area contributed by atoms with Crippen LogP contribution in [0.5, 0.6) is 11.5 Å². The van der Waals surface area contributed by atoms with Crippen molar-refractivity contribution in [3.8, 4) is 11.5 Å². The van der Waals surface area contributed by atoms with Gasteiger partial charge in [-0.3, -0.25) is 0 Å². The SMILES string of the molecule is CCC1CCC(c2ccc(C(=O)Oc3ccc(OC(F)(F)F)c(F)c3)cc2)CC1. The summed E-state index contributed by atoms with van der Waals surface area (Å²) in [5.74, 6) is -1.89. The number of carbonyl (C=O) groups is 1. The average molecular weight is 410 g/mol. The van der Waals surface area contributed by atoms with Gasteiger partial charge in [-0.15, -0.1) is 13.2 Å². The second-order valence-corrected chi connectivity index (χ2v) is 7.28. The van der Waals surface area contributed by atoms with Gasteiger partial charge in [0.15, 0.2) is 11.6 Å². The van der Waals surface area contributed by atoms with E-state index in [2.05, 4.69) is 11.7 Å². The topological polar surface area (TPSA) is 35.5 Å². The van der Waals surface area contributed by atoms with Crippen LogP contribution in [0, 0.1) is 11.7 Å². The molecular formula is C22H22F4O3. The van der Waals surface area contributed by atoms with Gasteiger partial charge in [-0.1, -0.05) is 25.5 Å². The minimum absolute atomic E-state index is 0.205. The van der Waals surface area contributed by atoms with Gasteiger partial charge in [0.2, 0.25) is 0 Å². The average Bonchev–Trinajstić information content (AvgIpc) is 2.69. The lowest BCUT2D eigenvalue weighted by Crippen LogP contribution is -2.18. The number of rotatable bonds is 5. The summed E-state index contributed by atoms with van der Waals surface area (Å²) in [5.41, 5.74) is 1.46. The predicted octanol–water partition coefficient (Wildman–Crippen LogP) is 6.63. The van der Waals surface area contributed by atoms with Crippen molar-refractivity contribution in [2.24, 2.45) is 5.92 Å². The molecule has 0 saturated heterocycles. The van der Waals surface area contributed by atoms with Gasteiger partial charge < -0.3 is 9.47 Å². The Morgan fingerprint density at radius 3 is 2.24 bits per heavy atom. The van der Waals surface area contributed by atoms with Crippen LogP contribution in [0.2, 0.25) is 0 Å². The van der Waals surface area contributed by atoms with Crippen LogP contribution in [0.4, 0.5) is 17.6 Å². The molecule has 3 nitrogen and oxygen atoms in total. The summed E-state index contributed by atoms with van der Waals surface area (Å²) < 4.78 is 58.9. The number of hydrogen-bond acceptors (Lipinski definition) is 3. The molecule has 0 amide bonds. The minimum Gasteiger partial charge on any atom is -0.423 e. The quantitative estimate of drug-likeness (QED) is 0.315. The smallest absolute Gasteiger partial charge is 0.423 e. The van der Waals surface area contributed by atoms with E-state index in [9.17, 15) is 22.4 Å². The summed E-state index contributed by atoms with van der Waals surface area (Å²) >= 11 is 0. The van der Waals surface area contributed by atoms with Crippen molar-refractivity contribution in [2.45, 2.75) is 51.3 Å². The first kappa shape index (κ1) is 21.1. The highest BCUT2D eigenvalue weighted by Crippen LogP contribution is 2.37. The maximum atomic E-state index is 13.7. The molecule has 0 bridgehead atoms. The zero-order valence-corrected chi connectivity index (χ0v) is 16.0. The van der Waals surface area contributed by atoms with Gasteiger partial charge in [0.05, 0.1) is 5.56 Å². The summed E-state index contributed by atoms with van der Waals surface area (Å²) in [7, 11) is 0. The van der Waals surface area contributed by atoms with Crippen LogP contribution in [-0.2, 0) is 0 Å². The number of alkyl halides is 3. The first-order valence-electron chi connectivity index (χ1n) is 9.62. The van der Waals surface area contributed by atoms with E-state index in [4.69, 9.17) is 4.74 Å². The van der Waals surface area contributed by atoms with Gasteiger partial charge in [-0.25, -0.2) is 9.18 Å². The van der Waals surface area contributed by atoms with Crippen LogP contribution >= 0.6 is 0 Å². The third kappa shape index (κ3) is 5.71.